The van der Waals surface area contributed by atoms with Crippen LogP contribution in [0.4, 0.5) is 0 Å². The summed E-state index contributed by atoms with van der Waals surface area (Å²) in [6, 6.07) is 24.2. The number of amides is 1. The van der Waals surface area contributed by atoms with Crippen LogP contribution in [-0.4, -0.2) is 62.9 Å². The number of benzene rings is 3. The van der Waals surface area contributed by atoms with Crippen molar-refractivity contribution in [3.05, 3.63) is 95.6 Å². The largest absolute Gasteiger partial charge is 0.492 e. The van der Waals surface area contributed by atoms with Crippen molar-refractivity contribution in [2.45, 2.75) is 31.2 Å². The molecule has 3 aromatic rings. The standard InChI is InChI=1S/C29H35N3O4S/c1-2-6-24-11-15-27(16-12-24)36-22-17-30-29(33)26-13-9-25(10-14-26)23-31-18-20-32(21-19-31)37(34,35)28-7-4-3-5-8-28/h3-5,7-16H,2,6,17-23H2,1H3,(H,30,33). The van der Waals surface area contributed by atoms with Gasteiger partial charge < -0.3 is 10.1 Å². The van der Waals surface area contributed by atoms with Gasteiger partial charge in [0.25, 0.3) is 5.91 Å². The fourth-order valence-corrected chi connectivity index (χ4v) is 5.81. The molecule has 0 unspecified atom stereocenters. The Balaban J connectivity index is 1.18. The number of nitrogens with one attached hydrogen (secondary N) is 1. The Hall–Kier alpha value is -3.20. The van der Waals surface area contributed by atoms with Crippen LogP contribution in [0, 0.1) is 0 Å². The van der Waals surface area contributed by atoms with Crippen LogP contribution in [0.3, 0.4) is 0 Å². The van der Waals surface area contributed by atoms with Crippen LogP contribution in [0.25, 0.3) is 0 Å². The third-order valence-electron chi connectivity index (χ3n) is 6.45. The van der Waals surface area contributed by atoms with Crippen molar-refractivity contribution in [1.29, 1.82) is 0 Å². The maximum Gasteiger partial charge on any atom is 0.251 e. The molecule has 1 N–H and O–H groups in total. The number of carbonyl (C=O) groups excluding carboxylic acids is 1. The number of aryl methyl sites for hydroxylation is 1. The highest BCUT2D eigenvalue weighted by Crippen LogP contribution is 2.18. The highest BCUT2D eigenvalue weighted by molar-refractivity contribution is 7.89. The lowest BCUT2D eigenvalue weighted by Gasteiger charge is -2.34. The van der Waals surface area contributed by atoms with Crippen LogP contribution < -0.4 is 10.1 Å². The zero-order valence-electron chi connectivity index (χ0n) is 21.3. The molecular weight excluding hydrogens is 486 g/mol. The molecule has 1 fully saturated rings. The van der Waals surface area contributed by atoms with E-state index in [9.17, 15) is 13.2 Å². The van der Waals surface area contributed by atoms with Gasteiger partial charge in [0.05, 0.1) is 11.4 Å². The van der Waals surface area contributed by atoms with E-state index in [1.165, 1.54) is 5.56 Å². The molecule has 0 radical (unpaired) electrons. The van der Waals surface area contributed by atoms with Crippen LogP contribution in [-0.2, 0) is 23.0 Å². The Labute approximate surface area is 220 Å². The van der Waals surface area contributed by atoms with Gasteiger partial charge in [-0.25, -0.2) is 8.42 Å². The Morgan fingerprint density at radius 1 is 0.865 bits per heavy atom. The summed E-state index contributed by atoms with van der Waals surface area (Å²) >= 11 is 0. The molecule has 1 aliphatic rings. The second kappa shape index (κ2) is 12.9. The predicted octanol–water partition coefficient (Wildman–Crippen LogP) is 3.95. The molecule has 0 saturated carbocycles. The molecule has 37 heavy (non-hydrogen) atoms. The molecule has 0 aromatic heterocycles. The number of hydrogen-bond acceptors (Lipinski definition) is 5. The van der Waals surface area contributed by atoms with Gasteiger partial charge in [-0.05, 0) is 53.9 Å². The smallest absolute Gasteiger partial charge is 0.251 e. The maximum absolute atomic E-state index is 12.8. The van der Waals surface area contributed by atoms with Crippen LogP contribution in [0.5, 0.6) is 5.75 Å². The molecule has 0 bridgehead atoms. The highest BCUT2D eigenvalue weighted by Gasteiger charge is 2.28. The van der Waals surface area contributed by atoms with E-state index in [2.05, 4.69) is 29.3 Å². The minimum atomic E-state index is -3.45. The number of nitrogens with zero attached hydrogens (tertiary/aromatic N) is 2. The van der Waals surface area contributed by atoms with Gasteiger partial charge in [0.2, 0.25) is 10.0 Å². The van der Waals surface area contributed by atoms with Crippen molar-refractivity contribution < 1.29 is 17.9 Å². The number of ether oxygens (including phenoxy) is 1. The monoisotopic (exact) mass is 521 g/mol. The number of sulfonamides is 1. The summed E-state index contributed by atoms with van der Waals surface area (Å²) in [5, 5.41) is 2.90. The normalized spacial score (nSPS) is 14.8. The van der Waals surface area contributed by atoms with Crippen molar-refractivity contribution in [3.63, 3.8) is 0 Å². The first kappa shape index (κ1) is 26.9. The van der Waals surface area contributed by atoms with Crippen LogP contribution in [0.2, 0.25) is 0 Å². The first-order valence-electron chi connectivity index (χ1n) is 12.8. The Morgan fingerprint density at radius 2 is 1.51 bits per heavy atom. The molecule has 0 atom stereocenters. The number of rotatable bonds is 11. The third kappa shape index (κ3) is 7.41. The van der Waals surface area contributed by atoms with Gasteiger partial charge in [0.15, 0.2) is 0 Å². The Bertz CT molecular complexity index is 1240. The second-order valence-electron chi connectivity index (χ2n) is 9.19. The van der Waals surface area contributed by atoms with E-state index >= 15 is 0 Å². The second-order valence-corrected chi connectivity index (χ2v) is 11.1. The van der Waals surface area contributed by atoms with Crippen molar-refractivity contribution in [3.8, 4) is 5.75 Å². The summed E-state index contributed by atoms with van der Waals surface area (Å²) in [5.41, 5.74) is 2.99. The number of hydrogen-bond donors (Lipinski definition) is 1. The molecule has 1 saturated heterocycles. The van der Waals surface area contributed by atoms with Crippen molar-refractivity contribution in [2.75, 3.05) is 39.3 Å². The molecule has 3 aromatic carbocycles. The first-order valence-corrected chi connectivity index (χ1v) is 14.3. The fourth-order valence-electron chi connectivity index (χ4n) is 4.37. The molecule has 7 nitrogen and oxygen atoms in total. The van der Waals surface area contributed by atoms with Crippen LogP contribution in [0.15, 0.2) is 83.8 Å². The molecule has 0 spiro atoms. The summed E-state index contributed by atoms with van der Waals surface area (Å²) in [7, 11) is -3.45. The zero-order valence-corrected chi connectivity index (χ0v) is 22.1. The van der Waals surface area contributed by atoms with Gasteiger partial charge in [-0.15, -0.1) is 0 Å². The van der Waals surface area contributed by atoms with Gasteiger partial charge in [0.1, 0.15) is 12.4 Å². The lowest BCUT2D eigenvalue weighted by atomic mass is 10.1. The molecule has 1 amide bonds. The van der Waals surface area contributed by atoms with E-state index in [0.29, 0.717) is 56.3 Å². The van der Waals surface area contributed by atoms with Gasteiger partial charge in [-0.3, -0.25) is 9.69 Å². The Morgan fingerprint density at radius 3 is 2.16 bits per heavy atom. The molecule has 4 rings (SSSR count). The third-order valence-corrected chi connectivity index (χ3v) is 8.37. The SMILES string of the molecule is CCCc1ccc(OCCNC(=O)c2ccc(CN3CCN(S(=O)(=O)c4ccccc4)CC3)cc2)cc1. The number of piperazine rings is 1. The van der Waals surface area contributed by atoms with Crippen molar-refractivity contribution in [1.82, 2.24) is 14.5 Å². The Kier molecular flexibility index (Phi) is 9.33. The van der Waals surface area contributed by atoms with E-state index in [1.807, 2.05) is 42.5 Å². The summed E-state index contributed by atoms with van der Waals surface area (Å²) in [6.45, 7) is 5.95. The average molecular weight is 522 g/mol. The van der Waals surface area contributed by atoms with E-state index in [4.69, 9.17) is 4.74 Å². The molecule has 0 aliphatic carbocycles. The molecule has 196 valence electrons. The van der Waals surface area contributed by atoms with E-state index in [1.54, 1.807) is 28.6 Å². The highest BCUT2D eigenvalue weighted by atomic mass is 32.2. The number of carbonyl (C=O) groups is 1. The summed E-state index contributed by atoms with van der Waals surface area (Å²) < 4.78 is 32.9. The lowest BCUT2D eigenvalue weighted by Crippen LogP contribution is -2.48. The van der Waals surface area contributed by atoms with Crippen LogP contribution in [0.1, 0.15) is 34.8 Å². The minimum absolute atomic E-state index is 0.131. The predicted molar refractivity (Wildman–Crippen MR) is 145 cm³/mol. The average Bonchev–Trinajstić information content (AvgIpc) is 2.93. The van der Waals surface area contributed by atoms with Gasteiger partial charge in [-0.2, -0.15) is 4.31 Å². The topological polar surface area (TPSA) is 79.0 Å². The maximum atomic E-state index is 12.8. The van der Waals surface area contributed by atoms with Crippen molar-refractivity contribution in [2.24, 2.45) is 0 Å². The minimum Gasteiger partial charge on any atom is -0.492 e. The van der Waals surface area contributed by atoms with Gasteiger partial charge >= 0.3 is 0 Å². The van der Waals surface area contributed by atoms with Gasteiger partial charge in [0, 0.05) is 38.3 Å². The molecule has 1 aliphatic heterocycles. The van der Waals surface area contributed by atoms with E-state index < -0.39 is 10.0 Å². The summed E-state index contributed by atoms with van der Waals surface area (Å²) in [6.07, 6.45) is 2.18. The van der Waals surface area contributed by atoms with Crippen molar-refractivity contribution >= 4 is 15.9 Å². The summed E-state index contributed by atoms with van der Waals surface area (Å²) in [4.78, 5) is 15.1. The van der Waals surface area contributed by atoms with E-state index in [-0.39, 0.29) is 5.91 Å². The molecule has 1 heterocycles. The van der Waals surface area contributed by atoms with E-state index in [0.717, 1.165) is 24.2 Å². The van der Waals surface area contributed by atoms with Gasteiger partial charge in [-0.1, -0.05) is 55.8 Å². The van der Waals surface area contributed by atoms with Crippen LogP contribution >= 0.6 is 0 Å². The first-order chi connectivity index (χ1) is 18.0. The molecule has 8 heteroatoms. The summed E-state index contributed by atoms with van der Waals surface area (Å²) in [5.74, 6) is 0.671. The zero-order chi connectivity index (χ0) is 26.1. The fraction of sp³-hybridized carbons (Fsp3) is 0.345. The lowest BCUT2D eigenvalue weighted by molar-refractivity contribution is 0.0947. The quantitative estimate of drug-likeness (QED) is 0.387. The molecular formula is C29H35N3O4S.